The Hall–Kier alpha value is -2.37. The first-order chi connectivity index (χ1) is 12.5. The molecule has 6 heteroatoms. The first kappa shape index (κ1) is 18.4. The van der Waals surface area contributed by atoms with Crippen molar-refractivity contribution in [3.05, 3.63) is 81.2 Å². The third-order valence-electron chi connectivity index (χ3n) is 4.45. The molecule has 1 aromatic carbocycles. The third-order valence-corrected chi connectivity index (χ3v) is 5.72. The van der Waals surface area contributed by atoms with Crippen molar-refractivity contribution in [1.82, 2.24) is 10.2 Å². The van der Waals surface area contributed by atoms with Crippen molar-refractivity contribution < 1.29 is 4.79 Å². The normalized spacial score (nSPS) is 16.4. The van der Waals surface area contributed by atoms with Crippen molar-refractivity contribution in [2.24, 2.45) is 0 Å². The topological polar surface area (TPSA) is 56.2 Å². The number of allylic oxidation sites excluding steroid dienone is 1. The molecule has 4 nitrogen and oxygen atoms in total. The quantitative estimate of drug-likeness (QED) is 0.599. The molecule has 1 aromatic heterocycles. The fourth-order valence-corrected chi connectivity index (χ4v) is 4.61. The summed E-state index contributed by atoms with van der Waals surface area (Å²) in [5, 5.41) is 11.3. The summed E-state index contributed by atoms with van der Waals surface area (Å²) in [6, 6.07) is 9.86. The predicted molar refractivity (Wildman–Crippen MR) is 108 cm³/mol. The molecule has 26 heavy (non-hydrogen) atoms. The molecule has 0 bridgehead atoms. The number of carbonyl (C=O) groups excluding carboxylic acids is 1. The second kappa shape index (κ2) is 7.89. The van der Waals surface area contributed by atoms with Crippen molar-refractivity contribution >= 4 is 34.6 Å². The van der Waals surface area contributed by atoms with Gasteiger partial charge in [0.1, 0.15) is 0 Å². The van der Waals surface area contributed by atoms with Gasteiger partial charge in [-0.05, 0) is 35.5 Å². The summed E-state index contributed by atoms with van der Waals surface area (Å²) in [5.74, 6) is -0.112. The number of nitrogens with zero attached hydrogens (tertiary/aromatic N) is 1. The van der Waals surface area contributed by atoms with E-state index < -0.39 is 0 Å². The van der Waals surface area contributed by atoms with Crippen LogP contribution in [0.4, 0.5) is 0 Å². The van der Waals surface area contributed by atoms with Gasteiger partial charge in [-0.15, -0.1) is 11.3 Å². The van der Waals surface area contributed by atoms with E-state index in [2.05, 4.69) is 11.9 Å². The minimum Gasteiger partial charge on any atom is -0.394 e. The molecule has 0 saturated heterocycles. The van der Waals surface area contributed by atoms with Gasteiger partial charge in [-0.1, -0.05) is 42.4 Å². The highest BCUT2D eigenvalue weighted by molar-refractivity contribution is 7.16. The highest BCUT2D eigenvalue weighted by atomic mass is 35.5. The molecule has 0 aliphatic carbocycles. The Bertz CT molecular complexity index is 887. The van der Waals surface area contributed by atoms with Crippen LogP contribution in [0.1, 0.15) is 27.5 Å². The first-order valence-corrected chi connectivity index (χ1v) is 9.45. The van der Waals surface area contributed by atoms with Gasteiger partial charge < -0.3 is 15.6 Å². The average Bonchev–Trinajstić information content (AvgIpc) is 3.04. The molecule has 2 heterocycles. The van der Waals surface area contributed by atoms with Gasteiger partial charge in [-0.3, -0.25) is 4.79 Å². The van der Waals surface area contributed by atoms with Crippen LogP contribution in [0.25, 0.3) is 0 Å². The van der Waals surface area contributed by atoms with Crippen LogP contribution in [0, 0.1) is 5.41 Å². The monoisotopic (exact) mass is 385 g/mol. The lowest BCUT2D eigenvalue weighted by Gasteiger charge is -2.33. The lowest BCUT2D eigenvalue weighted by molar-refractivity contribution is -0.127. The molecule has 0 fully saturated rings. The maximum atomic E-state index is 12.2. The number of amides is 1. The zero-order valence-electron chi connectivity index (χ0n) is 14.5. The van der Waals surface area contributed by atoms with Crippen molar-refractivity contribution in [1.29, 1.82) is 5.41 Å². The smallest absolute Gasteiger partial charge is 0.246 e. The molecule has 0 spiro atoms. The fourth-order valence-electron chi connectivity index (χ4n) is 3.25. The predicted octanol–water partition coefficient (Wildman–Crippen LogP) is 4.16. The van der Waals surface area contributed by atoms with Gasteiger partial charge in [0.2, 0.25) is 5.91 Å². The first-order valence-electron chi connectivity index (χ1n) is 8.26. The van der Waals surface area contributed by atoms with Crippen molar-refractivity contribution in [3.8, 4) is 0 Å². The molecule has 0 radical (unpaired) electrons. The minimum absolute atomic E-state index is 0.0223. The summed E-state index contributed by atoms with van der Waals surface area (Å²) in [4.78, 5) is 15.1. The average molecular weight is 386 g/mol. The number of carbonyl (C=O) groups is 1. The number of hydrogen-bond donors (Lipinski definition) is 2. The van der Waals surface area contributed by atoms with Crippen molar-refractivity contribution in [2.75, 3.05) is 13.6 Å². The molecule has 0 saturated carbocycles. The molecule has 2 N–H and O–H groups in total. The molecule has 2 aromatic rings. The molecule has 1 atom stereocenters. The number of fused-ring (bicyclic) bond motifs is 1. The Morgan fingerprint density at radius 2 is 2.19 bits per heavy atom. The zero-order valence-corrected chi connectivity index (χ0v) is 16.0. The molecular weight excluding hydrogens is 366 g/mol. The van der Waals surface area contributed by atoms with E-state index >= 15 is 0 Å². The largest absolute Gasteiger partial charge is 0.394 e. The van der Waals surface area contributed by atoms with E-state index in [1.54, 1.807) is 24.2 Å². The van der Waals surface area contributed by atoms with Gasteiger partial charge in [0, 0.05) is 30.0 Å². The molecule has 3 rings (SSSR count). The lowest BCUT2D eigenvalue weighted by atomic mass is 9.84. The number of thiophene rings is 1. The second-order valence-corrected chi connectivity index (χ2v) is 7.80. The van der Waals surface area contributed by atoms with Crippen LogP contribution in [0.5, 0.6) is 0 Å². The summed E-state index contributed by atoms with van der Waals surface area (Å²) in [6.45, 7) is 4.71. The maximum absolute atomic E-state index is 12.2. The van der Waals surface area contributed by atoms with Crippen LogP contribution in [-0.2, 0) is 11.3 Å². The standard InChI is InChI=1S/C20H20ClN3OS/c1-3-20(25)24-11-16(15-10-19(21)26-18(15)12-24)13-6-4-5-7-14(13)17(22)8-9-23-2/h3-10,16,22-23H,1,11-12H2,2H3/b9-8-,22-17?/t16-/m0/s1. The van der Waals surface area contributed by atoms with E-state index in [0.717, 1.165) is 25.9 Å². The summed E-state index contributed by atoms with van der Waals surface area (Å²) < 4.78 is 0.718. The number of nitrogens with one attached hydrogen (secondary N) is 2. The van der Waals surface area contributed by atoms with E-state index in [1.165, 1.54) is 17.4 Å². The van der Waals surface area contributed by atoms with Gasteiger partial charge in [-0.25, -0.2) is 0 Å². The summed E-state index contributed by atoms with van der Waals surface area (Å²) in [6.07, 6.45) is 4.82. The molecule has 0 unspecified atom stereocenters. The number of halogens is 1. The number of rotatable bonds is 5. The third kappa shape index (κ3) is 3.59. The van der Waals surface area contributed by atoms with E-state index in [1.807, 2.05) is 30.3 Å². The highest BCUT2D eigenvalue weighted by Crippen LogP contribution is 2.41. The number of hydrogen-bond acceptors (Lipinski definition) is 4. The van der Waals surface area contributed by atoms with Gasteiger partial charge in [0.25, 0.3) is 0 Å². The van der Waals surface area contributed by atoms with Crippen LogP contribution in [0.2, 0.25) is 4.34 Å². The summed E-state index contributed by atoms with van der Waals surface area (Å²) in [7, 11) is 1.80. The SMILES string of the molecule is C=CC(=O)N1Cc2sc(Cl)cc2[C@H](c2ccccc2C(=N)/C=C\NC)C1. The van der Waals surface area contributed by atoms with Crippen LogP contribution < -0.4 is 5.32 Å². The Balaban J connectivity index is 2.07. The van der Waals surface area contributed by atoms with Crippen molar-refractivity contribution in [3.63, 3.8) is 0 Å². The van der Waals surface area contributed by atoms with Gasteiger partial charge in [-0.2, -0.15) is 0 Å². The second-order valence-electron chi connectivity index (χ2n) is 6.03. The Morgan fingerprint density at radius 3 is 2.92 bits per heavy atom. The van der Waals surface area contributed by atoms with Gasteiger partial charge in [0.15, 0.2) is 0 Å². The van der Waals surface area contributed by atoms with Gasteiger partial charge >= 0.3 is 0 Å². The Kier molecular flexibility index (Phi) is 5.59. The van der Waals surface area contributed by atoms with Gasteiger partial charge in [0.05, 0.1) is 16.6 Å². The van der Waals surface area contributed by atoms with Crippen molar-refractivity contribution in [2.45, 2.75) is 12.5 Å². The van der Waals surface area contributed by atoms with Crippen LogP contribution >= 0.6 is 22.9 Å². The molecule has 134 valence electrons. The Morgan fingerprint density at radius 1 is 1.42 bits per heavy atom. The summed E-state index contributed by atoms with van der Waals surface area (Å²) in [5.41, 5.74) is 3.44. The highest BCUT2D eigenvalue weighted by Gasteiger charge is 2.31. The van der Waals surface area contributed by atoms with Crippen LogP contribution in [-0.4, -0.2) is 30.1 Å². The molecule has 1 aliphatic heterocycles. The molecular formula is C20H20ClN3OS. The van der Waals surface area contributed by atoms with E-state index in [4.69, 9.17) is 17.0 Å². The lowest BCUT2D eigenvalue weighted by Crippen LogP contribution is -2.37. The minimum atomic E-state index is -0.0900. The van der Waals surface area contributed by atoms with Crippen LogP contribution in [0.15, 0.2) is 55.3 Å². The zero-order chi connectivity index (χ0) is 18.7. The van der Waals surface area contributed by atoms with E-state index in [-0.39, 0.29) is 11.8 Å². The van der Waals surface area contributed by atoms with E-state index in [0.29, 0.717) is 18.8 Å². The fraction of sp³-hybridized carbons (Fsp3) is 0.200. The molecule has 1 amide bonds. The molecule has 1 aliphatic rings. The van der Waals surface area contributed by atoms with E-state index in [9.17, 15) is 4.79 Å². The maximum Gasteiger partial charge on any atom is 0.246 e. The Labute approximate surface area is 162 Å². The van der Waals surface area contributed by atoms with Crippen LogP contribution in [0.3, 0.4) is 0 Å². The summed E-state index contributed by atoms with van der Waals surface area (Å²) >= 11 is 7.78. The number of benzene rings is 1.